The van der Waals surface area contributed by atoms with Gasteiger partial charge in [0.05, 0.1) is 0 Å². The van der Waals surface area contributed by atoms with Crippen molar-refractivity contribution in [3.63, 3.8) is 0 Å². The molecule has 2 aromatic rings. The second kappa shape index (κ2) is 5.01. The molecular weight excluding hydrogens is 241 g/mol. The Kier molecular flexibility index (Phi) is 3.43. The van der Waals surface area contributed by atoms with Crippen molar-refractivity contribution in [2.45, 2.75) is 13.3 Å². The molecule has 1 aromatic heterocycles. The number of hydrogen-bond acceptors (Lipinski definition) is 4. The van der Waals surface area contributed by atoms with E-state index in [-0.39, 0.29) is 11.7 Å². The van der Waals surface area contributed by atoms with Gasteiger partial charge in [-0.05, 0) is 11.6 Å². The molecule has 6 heteroatoms. The van der Waals surface area contributed by atoms with Crippen LogP contribution in [0.2, 0.25) is 0 Å². The van der Waals surface area contributed by atoms with Crippen molar-refractivity contribution in [3.8, 4) is 0 Å². The maximum Gasteiger partial charge on any atom is 0.223 e. The second-order valence-corrected chi connectivity index (χ2v) is 4.51. The summed E-state index contributed by atoms with van der Waals surface area (Å²) in [6.07, 6.45) is 0.379. The van der Waals surface area contributed by atoms with Crippen LogP contribution in [-0.2, 0) is 11.2 Å². The molecule has 4 nitrogen and oxygen atoms in total. The highest BCUT2D eigenvalue weighted by Gasteiger charge is 2.08. The number of halogens is 1. The lowest BCUT2D eigenvalue weighted by atomic mass is 10.1. The number of aromatic nitrogens is 2. The van der Waals surface area contributed by atoms with Crippen molar-refractivity contribution in [1.82, 2.24) is 10.2 Å². The number of amides is 1. The predicted molar refractivity (Wildman–Crippen MR) is 63.4 cm³/mol. The lowest BCUT2D eigenvalue weighted by Crippen LogP contribution is -2.04. The molecule has 88 valence electrons. The first-order valence-corrected chi connectivity index (χ1v) is 5.80. The molecule has 17 heavy (non-hydrogen) atoms. The summed E-state index contributed by atoms with van der Waals surface area (Å²) in [4.78, 5) is 10.8. The maximum atomic E-state index is 13.4. The fourth-order valence-corrected chi connectivity index (χ4v) is 2.14. The average molecular weight is 251 g/mol. The van der Waals surface area contributed by atoms with Crippen LogP contribution in [0.5, 0.6) is 0 Å². The number of nitrogens with zero attached hydrogens (tertiary/aromatic N) is 2. The Hall–Kier alpha value is -1.82. The van der Waals surface area contributed by atoms with Crippen molar-refractivity contribution < 1.29 is 9.18 Å². The van der Waals surface area contributed by atoms with Gasteiger partial charge in [0.15, 0.2) is 0 Å². The highest BCUT2D eigenvalue weighted by atomic mass is 32.1. The third-order valence-corrected chi connectivity index (χ3v) is 2.89. The van der Waals surface area contributed by atoms with E-state index in [1.807, 2.05) is 0 Å². The fraction of sp³-hybridized carbons (Fsp3) is 0.182. The number of carbonyl (C=O) groups is 1. The van der Waals surface area contributed by atoms with Gasteiger partial charge in [0, 0.05) is 13.3 Å². The molecule has 0 aliphatic carbocycles. The summed E-state index contributed by atoms with van der Waals surface area (Å²) in [5.74, 6) is -0.456. The van der Waals surface area contributed by atoms with E-state index in [1.165, 1.54) is 24.3 Å². The van der Waals surface area contributed by atoms with Crippen LogP contribution < -0.4 is 5.32 Å². The molecule has 1 heterocycles. The van der Waals surface area contributed by atoms with Gasteiger partial charge in [-0.3, -0.25) is 4.79 Å². The van der Waals surface area contributed by atoms with E-state index in [0.717, 1.165) is 0 Å². The summed E-state index contributed by atoms with van der Waals surface area (Å²) < 4.78 is 13.4. The van der Waals surface area contributed by atoms with Crippen LogP contribution in [0.15, 0.2) is 24.3 Å². The van der Waals surface area contributed by atoms with Gasteiger partial charge in [-0.25, -0.2) is 4.39 Å². The Labute approximate surface area is 102 Å². The van der Waals surface area contributed by atoms with Crippen molar-refractivity contribution in [3.05, 3.63) is 40.7 Å². The summed E-state index contributed by atoms with van der Waals surface area (Å²) in [6, 6.07) is 6.52. The van der Waals surface area contributed by atoms with Crippen LogP contribution in [0.25, 0.3) is 0 Å². The zero-order valence-corrected chi connectivity index (χ0v) is 9.92. The molecule has 0 atom stereocenters. The molecule has 0 aliphatic heterocycles. The van der Waals surface area contributed by atoms with Gasteiger partial charge in [-0.2, -0.15) is 0 Å². The molecule has 0 bridgehead atoms. The van der Waals surface area contributed by atoms with Crippen molar-refractivity contribution in [1.29, 1.82) is 0 Å². The van der Waals surface area contributed by atoms with Gasteiger partial charge in [0.1, 0.15) is 10.8 Å². The Morgan fingerprint density at radius 2 is 2.18 bits per heavy atom. The first kappa shape index (κ1) is 11.7. The van der Waals surface area contributed by atoms with Gasteiger partial charge in [-0.15, -0.1) is 10.2 Å². The molecule has 1 amide bonds. The highest BCUT2D eigenvalue weighted by molar-refractivity contribution is 7.15. The summed E-state index contributed by atoms with van der Waals surface area (Å²) in [5.41, 5.74) is 0.568. The minimum absolute atomic E-state index is 0.196. The van der Waals surface area contributed by atoms with Gasteiger partial charge in [0.25, 0.3) is 0 Å². The van der Waals surface area contributed by atoms with Crippen molar-refractivity contribution in [2.24, 2.45) is 0 Å². The normalized spacial score (nSPS) is 10.2. The van der Waals surface area contributed by atoms with E-state index in [9.17, 15) is 9.18 Å². The number of carbonyl (C=O) groups excluding carboxylic acids is 1. The number of hydrogen-bond donors (Lipinski definition) is 1. The zero-order chi connectivity index (χ0) is 12.3. The Morgan fingerprint density at radius 1 is 1.41 bits per heavy atom. The third-order valence-electron chi connectivity index (χ3n) is 2.05. The minimum atomic E-state index is -0.260. The molecule has 0 spiro atoms. The van der Waals surface area contributed by atoms with E-state index in [2.05, 4.69) is 15.5 Å². The Morgan fingerprint density at radius 3 is 2.88 bits per heavy atom. The molecule has 0 saturated heterocycles. The first-order valence-electron chi connectivity index (χ1n) is 4.98. The fourth-order valence-electron chi connectivity index (χ4n) is 1.33. The first-order chi connectivity index (χ1) is 8.15. The van der Waals surface area contributed by atoms with E-state index < -0.39 is 0 Å². The van der Waals surface area contributed by atoms with Gasteiger partial charge >= 0.3 is 0 Å². The summed E-state index contributed by atoms with van der Waals surface area (Å²) >= 11 is 1.24. The molecule has 0 radical (unpaired) electrons. The van der Waals surface area contributed by atoms with E-state index >= 15 is 0 Å². The lowest BCUT2D eigenvalue weighted by molar-refractivity contribution is -0.114. The second-order valence-electron chi connectivity index (χ2n) is 3.45. The van der Waals surface area contributed by atoms with Crippen molar-refractivity contribution in [2.75, 3.05) is 5.32 Å². The smallest absolute Gasteiger partial charge is 0.223 e. The third kappa shape index (κ3) is 3.07. The predicted octanol–water partition coefficient (Wildman–Crippen LogP) is 2.23. The quantitative estimate of drug-likeness (QED) is 0.910. The molecule has 1 N–H and O–H groups in total. The molecule has 0 aliphatic rings. The van der Waals surface area contributed by atoms with E-state index in [4.69, 9.17) is 0 Å². The number of nitrogens with one attached hydrogen (secondary N) is 1. The van der Waals surface area contributed by atoms with Crippen LogP contribution in [-0.4, -0.2) is 16.1 Å². The minimum Gasteiger partial charge on any atom is -0.301 e. The standard InChI is InChI=1S/C11H10FN3OS/c1-7(16)13-11-15-14-10(17-11)6-8-4-2-3-5-9(8)12/h2-5H,6H2,1H3,(H,13,15,16). The van der Waals surface area contributed by atoms with Crippen LogP contribution in [0.1, 0.15) is 17.5 Å². The van der Waals surface area contributed by atoms with Gasteiger partial charge < -0.3 is 5.32 Å². The Bertz CT molecular complexity index is 541. The molecule has 0 unspecified atom stereocenters. The topological polar surface area (TPSA) is 54.9 Å². The van der Waals surface area contributed by atoms with Crippen LogP contribution >= 0.6 is 11.3 Å². The molecule has 1 aromatic carbocycles. The van der Waals surface area contributed by atoms with E-state index in [1.54, 1.807) is 18.2 Å². The summed E-state index contributed by atoms with van der Waals surface area (Å²) in [6.45, 7) is 1.40. The van der Waals surface area contributed by atoms with Crippen LogP contribution in [0, 0.1) is 5.82 Å². The number of benzene rings is 1. The lowest BCUT2D eigenvalue weighted by Gasteiger charge is -1.98. The SMILES string of the molecule is CC(=O)Nc1nnc(Cc2ccccc2F)s1. The Balaban J connectivity index is 2.12. The highest BCUT2D eigenvalue weighted by Crippen LogP contribution is 2.19. The average Bonchev–Trinajstić information content (AvgIpc) is 2.68. The van der Waals surface area contributed by atoms with E-state index in [0.29, 0.717) is 22.1 Å². The number of rotatable bonds is 3. The molecule has 2 rings (SSSR count). The monoisotopic (exact) mass is 251 g/mol. The summed E-state index contributed by atoms with van der Waals surface area (Å²) in [5, 5.41) is 11.3. The zero-order valence-electron chi connectivity index (χ0n) is 9.11. The van der Waals surface area contributed by atoms with Crippen LogP contribution in [0.3, 0.4) is 0 Å². The number of anilines is 1. The van der Waals surface area contributed by atoms with Gasteiger partial charge in [0.2, 0.25) is 11.0 Å². The molecule has 0 saturated carbocycles. The summed E-state index contributed by atoms with van der Waals surface area (Å²) in [7, 11) is 0. The largest absolute Gasteiger partial charge is 0.301 e. The maximum absolute atomic E-state index is 13.4. The molecular formula is C11H10FN3OS. The molecule has 0 fully saturated rings. The van der Waals surface area contributed by atoms with Gasteiger partial charge in [-0.1, -0.05) is 29.5 Å². The van der Waals surface area contributed by atoms with Crippen LogP contribution in [0.4, 0.5) is 9.52 Å². The van der Waals surface area contributed by atoms with Crippen molar-refractivity contribution >= 4 is 22.4 Å².